The minimum atomic E-state index is -4.14. The highest BCUT2D eigenvalue weighted by Gasteiger charge is 2.34. The molecule has 0 spiro atoms. The van der Waals surface area contributed by atoms with E-state index in [1.54, 1.807) is 48.5 Å². The molecule has 2 amide bonds. The van der Waals surface area contributed by atoms with Crippen molar-refractivity contribution >= 4 is 50.7 Å². The number of sulfonamides is 1. The largest absolute Gasteiger partial charge is 0.354 e. The van der Waals surface area contributed by atoms with Crippen LogP contribution in [0.15, 0.2) is 71.6 Å². The molecule has 0 aliphatic carbocycles. The average Bonchev–Trinajstić information content (AvgIpc) is 2.93. The lowest BCUT2D eigenvalue weighted by Gasteiger charge is -2.34. The molecule has 1 N–H and O–H groups in total. The smallest absolute Gasteiger partial charge is 0.264 e. The zero-order valence-corrected chi connectivity index (χ0v) is 26.4. The summed E-state index contributed by atoms with van der Waals surface area (Å²) in [4.78, 5) is 29.0. The van der Waals surface area contributed by atoms with Crippen LogP contribution in [0, 0.1) is 19.8 Å². The van der Waals surface area contributed by atoms with Crippen LogP contribution < -0.4 is 9.62 Å². The maximum Gasteiger partial charge on any atom is 0.264 e. The molecule has 0 fully saturated rings. The van der Waals surface area contributed by atoms with Crippen LogP contribution in [0.2, 0.25) is 10.0 Å². The number of carbonyl (C=O) groups is 2. The number of anilines is 1. The third-order valence-corrected chi connectivity index (χ3v) is 9.24. The minimum absolute atomic E-state index is 0.00549. The first-order valence-corrected chi connectivity index (χ1v) is 15.7. The second-order valence-corrected chi connectivity index (χ2v) is 13.1. The summed E-state index contributed by atoms with van der Waals surface area (Å²) in [6.07, 6.45) is 0.315. The molecular formula is C31H37Cl2N3O4S. The lowest BCUT2D eigenvalue weighted by Crippen LogP contribution is -2.52. The van der Waals surface area contributed by atoms with Gasteiger partial charge in [-0.25, -0.2) is 8.42 Å². The van der Waals surface area contributed by atoms with Crippen LogP contribution in [-0.2, 0) is 26.2 Å². The Kier molecular flexibility index (Phi) is 11.2. The van der Waals surface area contributed by atoms with E-state index in [0.717, 1.165) is 15.4 Å². The van der Waals surface area contributed by atoms with Gasteiger partial charge in [-0.2, -0.15) is 0 Å². The first-order valence-electron chi connectivity index (χ1n) is 13.5. The summed E-state index contributed by atoms with van der Waals surface area (Å²) >= 11 is 12.6. The molecule has 0 aromatic heterocycles. The highest BCUT2D eigenvalue weighted by atomic mass is 35.5. The lowest BCUT2D eigenvalue weighted by atomic mass is 10.1. The van der Waals surface area contributed by atoms with Crippen molar-refractivity contribution in [2.24, 2.45) is 5.92 Å². The molecule has 0 radical (unpaired) electrons. The van der Waals surface area contributed by atoms with Crippen molar-refractivity contribution in [1.82, 2.24) is 10.2 Å². The van der Waals surface area contributed by atoms with Gasteiger partial charge in [-0.1, -0.05) is 80.4 Å². The van der Waals surface area contributed by atoms with E-state index in [2.05, 4.69) is 5.32 Å². The van der Waals surface area contributed by atoms with Gasteiger partial charge in [0.05, 0.1) is 10.6 Å². The van der Waals surface area contributed by atoms with Gasteiger partial charge in [0.15, 0.2) is 0 Å². The van der Waals surface area contributed by atoms with Crippen LogP contribution in [0.3, 0.4) is 0 Å². The second kappa shape index (κ2) is 14.2. The van der Waals surface area contributed by atoms with Gasteiger partial charge in [0.25, 0.3) is 10.0 Å². The summed E-state index contributed by atoms with van der Waals surface area (Å²) in [7, 11) is -4.14. The van der Waals surface area contributed by atoms with Crippen molar-refractivity contribution in [2.75, 3.05) is 17.4 Å². The SMILES string of the molecule is CCC(C(=O)NCC(C)C)N(Cc1ccc(Cl)cc1Cl)C(=O)CN(c1cccc(C)c1C)S(=O)(=O)c1ccccc1. The fraction of sp³-hybridized carbons (Fsp3) is 0.355. The number of halogens is 2. The molecular weight excluding hydrogens is 581 g/mol. The maximum atomic E-state index is 14.2. The zero-order valence-electron chi connectivity index (χ0n) is 24.0. The van der Waals surface area contributed by atoms with Gasteiger partial charge in [-0.05, 0) is 73.2 Å². The van der Waals surface area contributed by atoms with E-state index >= 15 is 0 Å². The molecule has 41 heavy (non-hydrogen) atoms. The highest BCUT2D eigenvalue weighted by molar-refractivity contribution is 7.92. The molecule has 0 aliphatic rings. The van der Waals surface area contributed by atoms with Crippen LogP contribution in [0.1, 0.15) is 43.9 Å². The van der Waals surface area contributed by atoms with E-state index in [1.807, 2.05) is 40.7 Å². The molecule has 7 nitrogen and oxygen atoms in total. The van der Waals surface area contributed by atoms with Crippen molar-refractivity contribution in [3.63, 3.8) is 0 Å². The number of amides is 2. The Hall–Kier alpha value is -3.07. The molecule has 3 aromatic rings. The Morgan fingerprint density at radius 2 is 1.63 bits per heavy atom. The van der Waals surface area contributed by atoms with Crippen molar-refractivity contribution in [1.29, 1.82) is 0 Å². The van der Waals surface area contributed by atoms with Gasteiger partial charge in [-0.3, -0.25) is 13.9 Å². The number of hydrogen-bond acceptors (Lipinski definition) is 4. The van der Waals surface area contributed by atoms with E-state index < -0.39 is 28.5 Å². The maximum absolute atomic E-state index is 14.2. The van der Waals surface area contributed by atoms with Gasteiger partial charge in [-0.15, -0.1) is 0 Å². The number of hydrogen-bond donors (Lipinski definition) is 1. The first kappa shape index (κ1) is 32.4. The highest BCUT2D eigenvalue weighted by Crippen LogP contribution is 2.30. The fourth-order valence-corrected chi connectivity index (χ4v) is 6.38. The molecule has 10 heteroatoms. The number of rotatable bonds is 12. The number of benzene rings is 3. The van der Waals surface area contributed by atoms with Crippen LogP contribution in [-0.4, -0.2) is 44.3 Å². The summed E-state index contributed by atoms with van der Waals surface area (Å²) in [6, 6.07) is 17.4. The van der Waals surface area contributed by atoms with Gasteiger partial charge >= 0.3 is 0 Å². The number of aryl methyl sites for hydroxylation is 1. The topological polar surface area (TPSA) is 86.8 Å². The summed E-state index contributed by atoms with van der Waals surface area (Å²) in [5.74, 6) is -0.645. The Labute approximate surface area is 253 Å². The van der Waals surface area contributed by atoms with Crippen LogP contribution in [0.25, 0.3) is 0 Å². The number of nitrogens with zero attached hydrogens (tertiary/aromatic N) is 2. The minimum Gasteiger partial charge on any atom is -0.354 e. The summed E-state index contributed by atoms with van der Waals surface area (Å²) in [5, 5.41) is 3.70. The molecule has 0 saturated carbocycles. The molecule has 0 bridgehead atoms. The summed E-state index contributed by atoms with van der Waals surface area (Å²) in [5.41, 5.74) is 2.59. The molecule has 220 valence electrons. The third kappa shape index (κ3) is 8.03. The Morgan fingerprint density at radius 3 is 2.24 bits per heavy atom. The fourth-order valence-electron chi connectivity index (χ4n) is 4.41. The van der Waals surface area contributed by atoms with E-state index in [4.69, 9.17) is 23.2 Å². The van der Waals surface area contributed by atoms with E-state index in [1.165, 1.54) is 17.0 Å². The predicted molar refractivity (Wildman–Crippen MR) is 166 cm³/mol. The molecule has 0 saturated heterocycles. The van der Waals surface area contributed by atoms with Gasteiger partial charge in [0, 0.05) is 23.1 Å². The average molecular weight is 619 g/mol. The molecule has 1 atom stereocenters. The third-order valence-electron chi connectivity index (χ3n) is 6.88. The molecule has 0 aliphatic heterocycles. The number of carbonyl (C=O) groups excluding carboxylic acids is 2. The van der Waals surface area contributed by atoms with Crippen molar-refractivity contribution in [3.8, 4) is 0 Å². The Balaban J connectivity index is 2.10. The standard InChI is InChI=1S/C31H37Cl2N3O4S/c1-6-28(31(38)34-18-21(2)3)35(19-24-15-16-25(32)17-27(24)33)30(37)20-36(29-14-10-11-22(4)23(29)5)41(39,40)26-12-8-7-9-13-26/h7-17,21,28H,6,18-20H2,1-5H3,(H,34,38). The molecule has 3 aromatic carbocycles. The normalized spacial score (nSPS) is 12.2. The van der Waals surface area contributed by atoms with Crippen LogP contribution in [0.5, 0.6) is 0 Å². The van der Waals surface area contributed by atoms with Crippen molar-refractivity contribution in [3.05, 3.63) is 93.5 Å². The van der Waals surface area contributed by atoms with E-state index in [-0.39, 0.29) is 23.3 Å². The molecule has 0 heterocycles. The lowest BCUT2D eigenvalue weighted by molar-refractivity contribution is -0.140. The van der Waals surface area contributed by atoms with Crippen molar-refractivity contribution < 1.29 is 18.0 Å². The van der Waals surface area contributed by atoms with Crippen LogP contribution in [0.4, 0.5) is 5.69 Å². The van der Waals surface area contributed by atoms with E-state index in [9.17, 15) is 18.0 Å². The Bertz CT molecular complexity index is 1480. The van der Waals surface area contributed by atoms with Crippen LogP contribution >= 0.6 is 23.2 Å². The first-order chi connectivity index (χ1) is 19.4. The molecule has 3 rings (SSSR count). The van der Waals surface area contributed by atoms with Gasteiger partial charge < -0.3 is 10.2 Å². The number of nitrogens with one attached hydrogen (secondary N) is 1. The van der Waals surface area contributed by atoms with Gasteiger partial charge in [0.2, 0.25) is 11.8 Å². The summed E-state index contributed by atoms with van der Waals surface area (Å²) < 4.78 is 29.1. The predicted octanol–water partition coefficient (Wildman–Crippen LogP) is 6.39. The quantitative estimate of drug-likeness (QED) is 0.255. The second-order valence-electron chi connectivity index (χ2n) is 10.4. The zero-order chi connectivity index (χ0) is 30.3. The van der Waals surface area contributed by atoms with Gasteiger partial charge in [0.1, 0.15) is 12.6 Å². The molecule has 1 unspecified atom stereocenters. The van der Waals surface area contributed by atoms with Crippen molar-refractivity contribution in [2.45, 2.75) is 58.5 Å². The van der Waals surface area contributed by atoms with E-state index in [0.29, 0.717) is 34.3 Å². The summed E-state index contributed by atoms with van der Waals surface area (Å²) in [6.45, 7) is 9.40. The Morgan fingerprint density at radius 1 is 0.951 bits per heavy atom. The monoisotopic (exact) mass is 617 g/mol.